The Kier molecular flexibility index (Phi) is 20.4. The molecule has 6 atom stereocenters. The second-order valence-electron chi connectivity index (χ2n) is 15.3. The van der Waals surface area contributed by atoms with Gasteiger partial charge in [-0.05, 0) is 67.2 Å². The molecule has 1 aromatic carbocycles. The number of hydrogen-bond acceptors (Lipinski definition) is 12. The van der Waals surface area contributed by atoms with E-state index in [-0.39, 0.29) is 43.9 Å². The van der Waals surface area contributed by atoms with E-state index >= 15 is 0 Å². The van der Waals surface area contributed by atoms with Crippen molar-refractivity contribution in [3.05, 3.63) is 29.8 Å². The Hall–Kier alpha value is -5.93. The van der Waals surface area contributed by atoms with Gasteiger partial charge in [-0.3, -0.25) is 38.4 Å². The molecular formula is C39H57N7O14S. The van der Waals surface area contributed by atoms with E-state index in [2.05, 4.69) is 26.6 Å². The number of nitrogens with zero attached hydrogens (tertiary/aromatic N) is 1. The minimum absolute atomic E-state index is 0.0300. The lowest BCUT2D eigenvalue weighted by molar-refractivity contribution is -0.159. The Morgan fingerprint density at radius 2 is 1.38 bits per heavy atom. The Balaban J connectivity index is 2.40. The highest BCUT2D eigenvalue weighted by molar-refractivity contribution is 7.98. The average Bonchev–Trinajstić information content (AvgIpc) is 3.66. The van der Waals surface area contributed by atoms with Gasteiger partial charge in [0.25, 0.3) is 6.10 Å². The van der Waals surface area contributed by atoms with E-state index in [0.29, 0.717) is 17.7 Å². The molecule has 1 aliphatic heterocycles. The van der Waals surface area contributed by atoms with Crippen LogP contribution in [-0.4, -0.2) is 140 Å². The van der Waals surface area contributed by atoms with Gasteiger partial charge in [-0.25, -0.2) is 9.59 Å². The van der Waals surface area contributed by atoms with Gasteiger partial charge in [0.2, 0.25) is 41.4 Å². The number of hydrogen-bond donors (Lipinski definition) is 9. The lowest BCUT2D eigenvalue weighted by Gasteiger charge is -2.32. The third-order valence-corrected chi connectivity index (χ3v) is 10.1. The molecule has 0 aromatic heterocycles. The van der Waals surface area contributed by atoms with Crippen molar-refractivity contribution < 1.29 is 68.0 Å². The van der Waals surface area contributed by atoms with Crippen LogP contribution in [0.25, 0.3) is 0 Å². The van der Waals surface area contributed by atoms with Crippen molar-refractivity contribution >= 4 is 71.0 Å². The molecule has 1 heterocycles. The van der Waals surface area contributed by atoms with Crippen molar-refractivity contribution in [1.82, 2.24) is 31.5 Å². The van der Waals surface area contributed by atoms with Crippen molar-refractivity contribution in [2.75, 3.05) is 18.6 Å². The lowest BCUT2D eigenvalue weighted by Crippen LogP contribution is -2.60. The smallest absolute Gasteiger partial charge is 0.356 e. The topological polar surface area (TPSA) is 330 Å². The predicted octanol–water partition coefficient (Wildman–Crippen LogP) is -1.00. The number of carbonyl (C=O) groups excluding carboxylic acids is 7. The van der Waals surface area contributed by atoms with Gasteiger partial charge >= 0.3 is 17.9 Å². The maximum absolute atomic E-state index is 14.2. The molecule has 61 heavy (non-hydrogen) atoms. The van der Waals surface area contributed by atoms with E-state index < -0.39 is 114 Å². The number of nitrogens with two attached hydrogens (primary N) is 1. The van der Waals surface area contributed by atoms with Crippen LogP contribution in [0.4, 0.5) is 0 Å². The van der Waals surface area contributed by atoms with E-state index in [1.54, 1.807) is 13.8 Å². The fraction of sp³-hybridized carbons (Fsp3) is 0.590. The number of amides is 7. The molecule has 0 bridgehead atoms. The molecule has 0 aliphatic carbocycles. The number of thioether (sulfide) groups is 1. The van der Waals surface area contributed by atoms with Gasteiger partial charge in [-0.1, -0.05) is 39.8 Å². The number of aliphatic carboxylic acids is 3. The maximum atomic E-state index is 14.2. The zero-order chi connectivity index (χ0) is 46.1. The molecule has 1 fully saturated rings. The summed E-state index contributed by atoms with van der Waals surface area (Å²) in [5.74, 6) is -10.5. The summed E-state index contributed by atoms with van der Waals surface area (Å²) >= 11 is 1.43. The summed E-state index contributed by atoms with van der Waals surface area (Å²) < 4.78 is 5.03. The van der Waals surface area contributed by atoms with Crippen LogP contribution < -0.4 is 37.1 Å². The normalized spacial score (nSPS) is 16.1. The summed E-state index contributed by atoms with van der Waals surface area (Å²) in [6.07, 6.45) is -0.404. The SMILES string of the molecule is CSCC[C@H](NC(=O)[C@@H]1CCCN1C(=O)[C@@H](NC(=O)[C@H](Cc1ccc(OC(C(=O)O)C(=O)O)cc1)NC(=O)[C@H](CC(=O)O)NC(C)=O)C(C)C)C(=O)N[C@@H](CC(C)C)C(N)=O. The number of carboxylic acid groups (broad SMARTS) is 3. The largest absolute Gasteiger partial charge is 0.481 e. The Bertz CT molecular complexity index is 1750. The van der Waals surface area contributed by atoms with Crippen LogP contribution in [0.1, 0.15) is 72.3 Å². The zero-order valence-corrected chi connectivity index (χ0v) is 35.7. The molecule has 0 unspecified atom stereocenters. The number of ether oxygens (including phenoxy) is 1. The number of likely N-dealkylation sites (tertiary alicyclic amines) is 1. The average molecular weight is 880 g/mol. The first-order valence-corrected chi connectivity index (χ1v) is 21.0. The summed E-state index contributed by atoms with van der Waals surface area (Å²) in [6.45, 7) is 8.18. The second-order valence-corrected chi connectivity index (χ2v) is 16.3. The number of carboxylic acids is 3. The molecule has 1 saturated heterocycles. The van der Waals surface area contributed by atoms with E-state index in [9.17, 15) is 53.1 Å². The maximum Gasteiger partial charge on any atom is 0.356 e. The number of carbonyl (C=O) groups is 10. The Morgan fingerprint density at radius 1 is 0.803 bits per heavy atom. The molecule has 0 spiro atoms. The van der Waals surface area contributed by atoms with Gasteiger partial charge in [0.15, 0.2) is 0 Å². The van der Waals surface area contributed by atoms with Gasteiger partial charge < -0.3 is 57.3 Å². The fourth-order valence-corrected chi connectivity index (χ4v) is 6.88. The van der Waals surface area contributed by atoms with Crippen LogP contribution in [0.15, 0.2) is 24.3 Å². The van der Waals surface area contributed by atoms with Crippen molar-refractivity contribution in [2.24, 2.45) is 17.6 Å². The summed E-state index contributed by atoms with van der Waals surface area (Å²) in [7, 11) is 0. The van der Waals surface area contributed by atoms with E-state index in [1.807, 2.05) is 20.1 Å². The molecule has 338 valence electrons. The van der Waals surface area contributed by atoms with Gasteiger partial charge in [0.05, 0.1) is 6.42 Å². The van der Waals surface area contributed by atoms with Crippen molar-refractivity contribution in [3.63, 3.8) is 0 Å². The Labute approximate surface area is 357 Å². The number of rotatable bonds is 25. The molecule has 7 amide bonds. The van der Waals surface area contributed by atoms with Gasteiger partial charge in [-0.2, -0.15) is 11.8 Å². The quantitative estimate of drug-likeness (QED) is 0.0532. The first-order valence-electron chi connectivity index (χ1n) is 19.6. The van der Waals surface area contributed by atoms with E-state index in [4.69, 9.17) is 20.7 Å². The summed E-state index contributed by atoms with van der Waals surface area (Å²) in [5.41, 5.74) is 5.84. The highest BCUT2D eigenvalue weighted by Gasteiger charge is 2.41. The monoisotopic (exact) mass is 879 g/mol. The Morgan fingerprint density at radius 3 is 1.89 bits per heavy atom. The number of primary amides is 1. The van der Waals surface area contributed by atoms with Crippen molar-refractivity contribution in [2.45, 2.75) is 115 Å². The van der Waals surface area contributed by atoms with Crippen LogP contribution in [0.2, 0.25) is 0 Å². The van der Waals surface area contributed by atoms with Crippen molar-refractivity contribution in [3.8, 4) is 5.75 Å². The third-order valence-electron chi connectivity index (χ3n) is 9.45. The van der Waals surface area contributed by atoms with Gasteiger partial charge in [0, 0.05) is 19.9 Å². The predicted molar refractivity (Wildman–Crippen MR) is 219 cm³/mol. The molecule has 1 aromatic rings. The minimum atomic E-state index is -2.22. The van der Waals surface area contributed by atoms with Crippen LogP contribution in [0.5, 0.6) is 5.75 Å². The molecule has 2 rings (SSSR count). The van der Waals surface area contributed by atoms with E-state index in [1.165, 1.54) is 40.9 Å². The molecule has 1 aliphatic rings. The second kappa shape index (κ2) is 24.4. The minimum Gasteiger partial charge on any atom is -0.481 e. The molecule has 21 nitrogen and oxygen atoms in total. The summed E-state index contributed by atoms with van der Waals surface area (Å²) in [4.78, 5) is 128. The summed E-state index contributed by atoms with van der Waals surface area (Å²) in [6, 6.07) is -2.28. The van der Waals surface area contributed by atoms with Gasteiger partial charge in [0.1, 0.15) is 42.0 Å². The van der Waals surface area contributed by atoms with Gasteiger partial charge in [-0.15, -0.1) is 0 Å². The molecule has 10 N–H and O–H groups in total. The summed E-state index contributed by atoms with van der Waals surface area (Å²) in [5, 5.41) is 40.4. The van der Waals surface area contributed by atoms with Crippen molar-refractivity contribution in [1.29, 1.82) is 0 Å². The first kappa shape index (κ1) is 51.2. The molecule has 0 radical (unpaired) electrons. The standard InChI is InChI=1S/C39H57N7O14S/c1-19(2)16-25(32(40)50)43-33(51)24(13-15-61-6)42-36(54)28-8-7-14-46(28)37(55)30(20(3)4)45-35(53)26(44-34(52)27(18-29(48)49)41-21(5)47)17-22-9-11-23(12-10-22)60-31(38(56)57)39(58)59/h9-12,19-20,24-28,30-31H,7-8,13-18H2,1-6H3,(H2,40,50)(H,41,47)(H,42,54)(H,43,51)(H,44,52)(H,45,53)(H,48,49)(H,56,57)(H,58,59)/t24-,25-,26-,27-,28-,30-/m0/s1. The molecular weight excluding hydrogens is 823 g/mol. The number of benzene rings is 1. The van der Waals surface area contributed by atoms with Crippen LogP contribution in [0.3, 0.4) is 0 Å². The van der Waals surface area contributed by atoms with Crippen LogP contribution >= 0.6 is 11.8 Å². The first-order chi connectivity index (χ1) is 28.5. The highest BCUT2D eigenvalue weighted by Crippen LogP contribution is 2.22. The zero-order valence-electron chi connectivity index (χ0n) is 34.9. The fourth-order valence-electron chi connectivity index (χ4n) is 6.40. The molecule has 0 saturated carbocycles. The highest BCUT2D eigenvalue weighted by atomic mass is 32.2. The lowest BCUT2D eigenvalue weighted by atomic mass is 9.99. The third kappa shape index (κ3) is 16.6. The number of nitrogens with one attached hydrogen (secondary N) is 5. The van der Waals surface area contributed by atoms with Crippen LogP contribution in [0, 0.1) is 11.8 Å². The van der Waals surface area contributed by atoms with E-state index in [0.717, 1.165) is 6.92 Å². The van der Waals surface area contributed by atoms with Crippen LogP contribution in [-0.2, 0) is 54.4 Å². The molecule has 22 heteroatoms.